The van der Waals surface area contributed by atoms with Crippen LogP contribution in [0.25, 0.3) is 4.96 Å². The summed E-state index contributed by atoms with van der Waals surface area (Å²) in [5.41, 5.74) is 0. The maximum Gasteiger partial charge on any atom is 0.315 e. The van der Waals surface area contributed by atoms with Crippen molar-refractivity contribution >= 4 is 22.3 Å². The van der Waals surface area contributed by atoms with Crippen molar-refractivity contribution < 1.29 is 9.53 Å². The molecule has 0 spiro atoms. The second-order valence-electron chi connectivity index (χ2n) is 5.39. The Hall–Kier alpha value is -1.50. The number of hydrogen-bond donors (Lipinski definition) is 0. The van der Waals surface area contributed by atoms with E-state index >= 15 is 0 Å². The average Bonchev–Trinajstić information content (AvgIpc) is 3.14. The zero-order valence-electron chi connectivity index (χ0n) is 12.4. The van der Waals surface area contributed by atoms with E-state index in [0.717, 1.165) is 28.6 Å². The Morgan fingerprint density at radius 3 is 2.81 bits per heavy atom. The molecule has 6 nitrogen and oxygen atoms in total. The second-order valence-corrected chi connectivity index (χ2v) is 6.37. The second kappa shape index (κ2) is 6.09. The molecule has 1 aliphatic carbocycles. The molecule has 1 fully saturated rings. The lowest BCUT2D eigenvalue weighted by Gasteiger charge is -2.09. The van der Waals surface area contributed by atoms with Crippen molar-refractivity contribution in [1.82, 2.24) is 19.8 Å². The molecule has 2 heterocycles. The van der Waals surface area contributed by atoms with E-state index in [0.29, 0.717) is 18.9 Å². The summed E-state index contributed by atoms with van der Waals surface area (Å²) in [7, 11) is 0. The first-order valence-electron chi connectivity index (χ1n) is 7.63. The highest BCUT2D eigenvalue weighted by Gasteiger charge is 2.28. The molecule has 7 heteroatoms. The minimum absolute atomic E-state index is 0.202. The number of carbonyl (C=O) groups is 1. The lowest BCUT2D eigenvalue weighted by Crippen LogP contribution is -2.15. The zero-order chi connectivity index (χ0) is 14.8. The van der Waals surface area contributed by atoms with Crippen LogP contribution in [0.1, 0.15) is 68.6 Å². The fraction of sp³-hybridized carbons (Fsp3) is 0.714. The van der Waals surface area contributed by atoms with E-state index < -0.39 is 0 Å². The Bertz CT molecular complexity index is 630. The normalized spacial score (nSPS) is 17.4. The van der Waals surface area contributed by atoms with Crippen LogP contribution in [0.5, 0.6) is 0 Å². The molecule has 0 amide bonds. The number of ether oxygens (including phenoxy) is 1. The number of nitrogens with zero attached hydrogens (tertiary/aromatic N) is 4. The van der Waals surface area contributed by atoms with Gasteiger partial charge in [-0.25, -0.2) is 0 Å². The van der Waals surface area contributed by atoms with Gasteiger partial charge < -0.3 is 4.74 Å². The van der Waals surface area contributed by atoms with Crippen LogP contribution in [-0.4, -0.2) is 32.4 Å². The van der Waals surface area contributed by atoms with Gasteiger partial charge in [-0.2, -0.15) is 9.61 Å². The molecule has 0 aliphatic heterocycles. The van der Waals surface area contributed by atoms with Crippen molar-refractivity contribution in [2.45, 2.75) is 57.8 Å². The molecule has 0 bridgehead atoms. The lowest BCUT2D eigenvalue weighted by molar-refractivity contribution is -0.145. The minimum atomic E-state index is -0.298. The van der Waals surface area contributed by atoms with E-state index in [2.05, 4.69) is 15.3 Å². The minimum Gasteiger partial charge on any atom is -0.465 e. The van der Waals surface area contributed by atoms with Gasteiger partial charge in [0.2, 0.25) is 4.96 Å². The lowest BCUT2D eigenvalue weighted by atomic mass is 10.1. The average molecular weight is 308 g/mol. The van der Waals surface area contributed by atoms with Gasteiger partial charge in [-0.1, -0.05) is 31.1 Å². The summed E-state index contributed by atoms with van der Waals surface area (Å²) >= 11 is 1.44. The predicted octanol–water partition coefficient (Wildman–Crippen LogP) is 2.90. The summed E-state index contributed by atoms with van der Waals surface area (Å²) in [4.78, 5) is 12.8. The van der Waals surface area contributed by atoms with Crippen molar-refractivity contribution in [3.8, 4) is 0 Å². The number of hydrogen-bond acceptors (Lipinski definition) is 6. The number of carbonyl (C=O) groups excluding carboxylic acids is 1. The highest BCUT2D eigenvalue weighted by Crippen LogP contribution is 2.34. The summed E-state index contributed by atoms with van der Waals surface area (Å²) in [6.45, 7) is 4.19. The highest BCUT2D eigenvalue weighted by molar-refractivity contribution is 7.16. The van der Waals surface area contributed by atoms with E-state index in [1.54, 1.807) is 0 Å². The fourth-order valence-corrected chi connectivity index (χ4v) is 3.93. The van der Waals surface area contributed by atoms with E-state index in [1.165, 1.54) is 24.2 Å². The Morgan fingerprint density at radius 1 is 1.38 bits per heavy atom. The number of rotatable bonds is 5. The molecule has 3 rings (SSSR count). The van der Waals surface area contributed by atoms with Crippen molar-refractivity contribution in [2.75, 3.05) is 6.61 Å². The molecule has 1 aliphatic rings. The van der Waals surface area contributed by atoms with E-state index in [-0.39, 0.29) is 11.9 Å². The van der Waals surface area contributed by atoms with Crippen molar-refractivity contribution in [3.63, 3.8) is 0 Å². The van der Waals surface area contributed by atoms with Gasteiger partial charge >= 0.3 is 5.97 Å². The van der Waals surface area contributed by atoms with E-state index in [1.807, 2.05) is 18.4 Å². The monoisotopic (exact) mass is 308 g/mol. The van der Waals surface area contributed by atoms with Gasteiger partial charge in [0.1, 0.15) is 10.9 Å². The third-order valence-corrected chi connectivity index (χ3v) is 5.04. The quantitative estimate of drug-likeness (QED) is 0.794. The van der Waals surface area contributed by atoms with Crippen LogP contribution in [-0.2, 0) is 9.53 Å². The first-order valence-corrected chi connectivity index (χ1v) is 8.44. The number of esters is 1. The molecule has 1 atom stereocenters. The molecule has 0 aromatic carbocycles. The van der Waals surface area contributed by atoms with Crippen LogP contribution in [0.15, 0.2) is 0 Å². The first-order chi connectivity index (χ1) is 10.2. The van der Waals surface area contributed by atoms with Crippen molar-refractivity contribution in [2.24, 2.45) is 0 Å². The zero-order valence-corrected chi connectivity index (χ0v) is 13.2. The Morgan fingerprint density at radius 2 is 2.14 bits per heavy atom. The maximum atomic E-state index is 12.0. The molecule has 1 saturated carbocycles. The number of fused-ring (bicyclic) bond motifs is 1. The van der Waals surface area contributed by atoms with Crippen LogP contribution >= 0.6 is 11.3 Å². The van der Waals surface area contributed by atoms with Gasteiger partial charge in [0.25, 0.3) is 0 Å². The molecule has 114 valence electrons. The molecule has 2 aromatic heterocycles. The topological polar surface area (TPSA) is 69.4 Å². The molecule has 1 unspecified atom stereocenters. The van der Waals surface area contributed by atoms with Crippen LogP contribution < -0.4 is 0 Å². The van der Waals surface area contributed by atoms with Gasteiger partial charge in [0.05, 0.1) is 6.61 Å². The summed E-state index contributed by atoms with van der Waals surface area (Å²) in [6.07, 6.45) is 5.49. The van der Waals surface area contributed by atoms with Gasteiger partial charge in [-0.3, -0.25) is 4.79 Å². The molecule has 21 heavy (non-hydrogen) atoms. The molecular formula is C14H20N4O2S. The highest BCUT2D eigenvalue weighted by atomic mass is 32.1. The predicted molar refractivity (Wildman–Crippen MR) is 79.5 cm³/mol. The molecule has 0 radical (unpaired) electrons. The third-order valence-electron chi connectivity index (χ3n) is 4.03. The fourth-order valence-electron chi connectivity index (χ4n) is 2.91. The SMILES string of the molecule is CCOC(=O)C(CC)c1nn2c(C3CCCC3)nnc2s1. The first kappa shape index (κ1) is 14.4. The standard InChI is InChI=1S/C14H20N4O2S/c1-3-10(13(19)20-4-2)12-17-18-11(9-7-5-6-8-9)15-16-14(18)21-12/h9-10H,3-8H2,1-2H3. The maximum absolute atomic E-state index is 12.0. The van der Waals surface area contributed by atoms with Gasteiger partial charge in [0, 0.05) is 5.92 Å². The van der Waals surface area contributed by atoms with Crippen molar-refractivity contribution in [1.29, 1.82) is 0 Å². The van der Waals surface area contributed by atoms with E-state index in [9.17, 15) is 4.79 Å². The van der Waals surface area contributed by atoms with Crippen LogP contribution in [0.3, 0.4) is 0 Å². The number of aromatic nitrogens is 4. The van der Waals surface area contributed by atoms with Crippen LogP contribution in [0.4, 0.5) is 0 Å². The summed E-state index contributed by atoms with van der Waals surface area (Å²) in [6, 6.07) is 0. The van der Waals surface area contributed by atoms with Gasteiger partial charge in [0.15, 0.2) is 5.82 Å². The summed E-state index contributed by atoms with van der Waals surface area (Å²) in [5, 5.41) is 13.9. The molecule has 0 N–H and O–H groups in total. The third kappa shape index (κ3) is 2.66. The van der Waals surface area contributed by atoms with E-state index in [4.69, 9.17) is 4.74 Å². The van der Waals surface area contributed by atoms with Crippen LogP contribution in [0, 0.1) is 0 Å². The smallest absolute Gasteiger partial charge is 0.315 e. The summed E-state index contributed by atoms with van der Waals surface area (Å²) in [5.74, 6) is 0.904. The molecule has 0 saturated heterocycles. The Kier molecular flexibility index (Phi) is 4.19. The van der Waals surface area contributed by atoms with Crippen molar-refractivity contribution in [3.05, 3.63) is 10.8 Å². The van der Waals surface area contributed by atoms with Crippen LogP contribution in [0.2, 0.25) is 0 Å². The molecular weight excluding hydrogens is 288 g/mol. The largest absolute Gasteiger partial charge is 0.465 e. The Balaban J connectivity index is 1.91. The van der Waals surface area contributed by atoms with Gasteiger partial charge in [-0.15, -0.1) is 10.2 Å². The molecule has 2 aromatic rings. The van der Waals surface area contributed by atoms with Gasteiger partial charge in [-0.05, 0) is 26.2 Å². The Labute approximate surface area is 127 Å². The summed E-state index contributed by atoms with van der Waals surface area (Å²) < 4.78 is 6.97.